The molecule has 0 aliphatic carbocycles. The summed E-state index contributed by atoms with van der Waals surface area (Å²) in [6.07, 6.45) is 1.36. The molecular formula is C18H19ClO2S. The highest BCUT2D eigenvalue weighted by molar-refractivity contribution is 7.90. The summed E-state index contributed by atoms with van der Waals surface area (Å²) in [5.74, 6) is 0. The van der Waals surface area contributed by atoms with Crippen LogP contribution in [-0.4, -0.2) is 15.9 Å². The first-order chi connectivity index (χ1) is 10.6. The molecule has 2 aromatic rings. The van der Waals surface area contributed by atoms with Crippen LogP contribution in [0.25, 0.3) is 0 Å². The van der Waals surface area contributed by atoms with E-state index in [1.807, 2.05) is 49.4 Å². The third kappa shape index (κ3) is 4.54. The Hall–Kier alpha value is -1.42. The van der Waals surface area contributed by atoms with Gasteiger partial charge in [-0.15, -0.1) is 0 Å². The number of hydrogen-bond acceptors (Lipinski definition) is 2. The molecule has 0 aliphatic rings. The van der Waals surface area contributed by atoms with Crippen molar-refractivity contribution in [2.45, 2.75) is 24.7 Å². The van der Waals surface area contributed by atoms with Crippen LogP contribution in [0.15, 0.2) is 69.4 Å². The third-order valence-electron chi connectivity index (χ3n) is 3.42. The number of rotatable bonds is 6. The molecule has 4 heteroatoms. The van der Waals surface area contributed by atoms with Gasteiger partial charge in [0, 0.05) is 4.90 Å². The van der Waals surface area contributed by atoms with Gasteiger partial charge >= 0.3 is 0 Å². The van der Waals surface area contributed by atoms with E-state index >= 15 is 0 Å². The van der Waals surface area contributed by atoms with Gasteiger partial charge < -0.3 is 5.11 Å². The average molecular weight is 335 g/mol. The van der Waals surface area contributed by atoms with Crippen molar-refractivity contribution in [3.05, 3.63) is 75.7 Å². The molecule has 0 saturated heterocycles. The van der Waals surface area contributed by atoms with E-state index in [1.165, 1.54) is 5.56 Å². The monoisotopic (exact) mass is 334 g/mol. The van der Waals surface area contributed by atoms with Crippen LogP contribution in [0.2, 0.25) is 0 Å². The van der Waals surface area contributed by atoms with Crippen molar-refractivity contribution in [2.75, 3.05) is 6.61 Å². The lowest BCUT2D eigenvalue weighted by Crippen LogP contribution is -2.01. The number of benzene rings is 2. The normalized spacial score (nSPS) is 13.6. The Morgan fingerprint density at radius 1 is 1.09 bits per heavy atom. The summed E-state index contributed by atoms with van der Waals surface area (Å²) in [6, 6.07) is 17.4. The van der Waals surface area contributed by atoms with Crippen LogP contribution in [0.5, 0.6) is 0 Å². The molecule has 0 aromatic heterocycles. The Kier molecular flexibility index (Phi) is 6.37. The van der Waals surface area contributed by atoms with Crippen molar-refractivity contribution in [1.82, 2.24) is 0 Å². The van der Waals surface area contributed by atoms with Gasteiger partial charge in [0.1, 0.15) is 4.36 Å². The molecule has 2 rings (SSSR count). The molecule has 0 aliphatic heterocycles. The van der Waals surface area contributed by atoms with Crippen LogP contribution in [0, 0.1) is 6.92 Å². The minimum atomic E-state index is -1.44. The molecule has 2 nitrogen and oxygen atoms in total. The number of halogens is 1. The zero-order chi connectivity index (χ0) is 15.9. The lowest BCUT2D eigenvalue weighted by Gasteiger charge is -2.09. The summed E-state index contributed by atoms with van der Waals surface area (Å²) in [5.41, 5.74) is 2.90. The topological polar surface area (TPSA) is 37.3 Å². The van der Waals surface area contributed by atoms with Crippen molar-refractivity contribution >= 4 is 22.4 Å². The molecule has 1 N–H and O–H groups in total. The van der Waals surface area contributed by atoms with Crippen LogP contribution >= 0.6 is 11.6 Å². The molecule has 0 heterocycles. The molecule has 0 bridgehead atoms. The van der Waals surface area contributed by atoms with E-state index in [0.29, 0.717) is 16.9 Å². The van der Waals surface area contributed by atoms with Crippen molar-refractivity contribution < 1.29 is 9.32 Å². The minimum absolute atomic E-state index is 0.177. The maximum atomic E-state index is 12.5. The molecule has 1 atom stereocenters. The summed E-state index contributed by atoms with van der Waals surface area (Å²) >= 11 is 6.26. The quantitative estimate of drug-likeness (QED) is 0.860. The number of hydrogen-bond donors (Lipinski definition) is 1. The van der Waals surface area contributed by atoms with Gasteiger partial charge in [0.05, 0.1) is 17.4 Å². The van der Waals surface area contributed by atoms with Crippen LogP contribution in [0.3, 0.4) is 0 Å². The van der Waals surface area contributed by atoms with Gasteiger partial charge in [-0.25, -0.2) is 4.21 Å². The predicted octanol–water partition coefficient (Wildman–Crippen LogP) is 4.18. The first kappa shape index (κ1) is 16.9. The molecule has 0 amide bonds. The summed E-state index contributed by atoms with van der Waals surface area (Å²) in [4.78, 5) is 0.654. The van der Waals surface area contributed by atoms with Gasteiger partial charge in [0.2, 0.25) is 0 Å². The molecule has 0 fully saturated rings. The second-order valence-electron chi connectivity index (χ2n) is 5.10. The largest absolute Gasteiger partial charge is 0.392 e. The Bertz CT molecular complexity index is 663. The zero-order valence-electron chi connectivity index (χ0n) is 12.5. The highest BCUT2D eigenvalue weighted by atomic mass is 35.5. The fourth-order valence-corrected chi connectivity index (χ4v) is 3.52. The van der Waals surface area contributed by atoms with Gasteiger partial charge in [-0.3, -0.25) is 0 Å². The van der Waals surface area contributed by atoms with Crippen LogP contribution in [0.4, 0.5) is 0 Å². The van der Waals surface area contributed by atoms with Crippen LogP contribution < -0.4 is 0 Å². The molecule has 0 saturated carbocycles. The Labute approximate surface area is 138 Å². The van der Waals surface area contributed by atoms with Crippen molar-refractivity contribution in [2.24, 2.45) is 0 Å². The molecule has 0 radical (unpaired) electrons. The molecule has 0 spiro atoms. The number of aryl methyl sites for hydroxylation is 2. The van der Waals surface area contributed by atoms with Crippen LogP contribution in [-0.2, 0) is 17.2 Å². The maximum absolute atomic E-state index is 12.5. The molecule has 22 heavy (non-hydrogen) atoms. The summed E-state index contributed by atoms with van der Waals surface area (Å²) in [6.45, 7) is 1.80. The first-order valence-corrected chi connectivity index (χ1v) is 8.65. The lowest BCUT2D eigenvalue weighted by atomic mass is 10.1. The van der Waals surface area contributed by atoms with Gasteiger partial charge in [0.15, 0.2) is 0 Å². The van der Waals surface area contributed by atoms with Gasteiger partial charge in [-0.2, -0.15) is 0 Å². The van der Waals surface area contributed by atoms with Crippen molar-refractivity contribution in [3.63, 3.8) is 0 Å². The zero-order valence-corrected chi connectivity index (χ0v) is 14.0. The second kappa shape index (κ2) is 8.28. The number of aliphatic hydroxyl groups is 1. The fraction of sp³-hybridized carbons (Fsp3) is 0.222. The Morgan fingerprint density at radius 3 is 2.32 bits per heavy atom. The Morgan fingerprint density at radius 2 is 1.73 bits per heavy atom. The summed E-state index contributed by atoms with van der Waals surface area (Å²) in [7, 11) is -1.44. The van der Waals surface area contributed by atoms with E-state index in [9.17, 15) is 9.32 Å². The van der Waals surface area contributed by atoms with Gasteiger partial charge in [-0.05, 0) is 43.0 Å². The predicted molar refractivity (Wildman–Crippen MR) is 92.3 cm³/mol. The summed E-state index contributed by atoms with van der Waals surface area (Å²) in [5, 5.41) is 9.54. The second-order valence-corrected chi connectivity index (χ2v) is 7.12. The first-order valence-electron chi connectivity index (χ1n) is 7.12. The minimum Gasteiger partial charge on any atom is -0.392 e. The smallest absolute Gasteiger partial charge is 0.111 e. The Balaban J connectivity index is 2.13. The molecular weight excluding hydrogens is 316 g/mol. The average Bonchev–Trinajstić information content (AvgIpc) is 2.56. The highest BCUT2D eigenvalue weighted by Gasteiger charge is 2.13. The van der Waals surface area contributed by atoms with Crippen LogP contribution in [0.1, 0.15) is 17.5 Å². The highest BCUT2D eigenvalue weighted by Crippen LogP contribution is 2.24. The van der Waals surface area contributed by atoms with E-state index in [2.05, 4.69) is 0 Å². The maximum Gasteiger partial charge on any atom is 0.111 e. The van der Waals surface area contributed by atoms with Crippen molar-refractivity contribution in [1.29, 1.82) is 0 Å². The lowest BCUT2D eigenvalue weighted by molar-refractivity contribution is 0.326. The molecule has 1 unspecified atom stereocenters. The third-order valence-corrected chi connectivity index (χ3v) is 5.43. The van der Waals surface area contributed by atoms with Gasteiger partial charge in [0.25, 0.3) is 0 Å². The van der Waals surface area contributed by atoms with E-state index < -0.39 is 10.8 Å². The summed E-state index contributed by atoms with van der Waals surface area (Å²) < 4.78 is 12.7. The van der Waals surface area contributed by atoms with E-state index in [0.717, 1.165) is 12.0 Å². The SMILES string of the molecule is Cc1ccc(S(=O)/C(Cl)=C(\CO)CCc2ccccc2)cc1. The molecule has 2 aromatic carbocycles. The van der Waals surface area contributed by atoms with E-state index in [4.69, 9.17) is 11.6 Å². The fourth-order valence-electron chi connectivity index (χ4n) is 2.08. The standard InChI is InChI=1S/C18H19ClO2S/c1-14-7-11-17(12-8-14)22(21)18(19)16(13-20)10-9-15-5-3-2-4-6-15/h2-8,11-12,20H,9-10,13H2,1H3/b18-16-. The van der Waals surface area contributed by atoms with E-state index in [1.54, 1.807) is 12.1 Å². The molecule has 116 valence electrons. The van der Waals surface area contributed by atoms with Crippen molar-refractivity contribution in [3.8, 4) is 0 Å². The van der Waals surface area contributed by atoms with E-state index in [-0.39, 0.29) is 11.0 Å². The number of aliphatic hydroxyl groups excluding tert-OH is 1. The van der Waals surface area contributed by atoms with Gasteiger partial charge in [-0.1, -0.05) is 59.6 Å².